The second-order valence-corrected chi connectivity index (χ2v) is 9.58. The van der Waals surface area contributed by atoms with Gasteiger partial charge in [-0.3, -0.25) is 4.98 Å². The molecule has 0 amide bonds. The molecule has 1 aliphatic rings. The van der Waals surface area contributed by atoms with Gasteiger partial charge in [0.2, 0.25) is 5.28 Å². The van der Waals surface area contributed by atoms with Crippen LogP contribution in [0.1, 0.15) is 56.1 Å². The first kappa shape index (κ1) is 22.5. The summed E-state index contributed by atoms with van der Waals surface area (Å²) >= 11 is 6.15. The van der Waals surface area contributed by atoms with Gasteiger partial charge in [-0.15, -0.1) is 0 Å². The van der Waals surface area contributed by atoms with Crippen LogP contribution >= 0.6 is 11.6 Å². The summed E-state index contributed by atoms with van der Waals surface area (Å²) in [5.41, 5.74) is 3.28. The molecule has 5 nitrogen and oxygen atoms in total. The van der Waals surface area contributed by atoms with E-state index in [-0.39, 0.29) is 17.1 Å². The molecule has 1 unspecified atom stereocenters. The lowest BCUT2D eigenvalue weighted by atomic mass is 9.76. The third-order valence-corrected chi connectivity index (χ3v) is 7.06. The maximum atomic E-state index is 13.9. The molecular weight excluding hydrogens is 449 g/mol. The van der Waals surface area contributed by atoms with Gasteiger partial charge in [0.1, 0.15) is 11.6 Å². The molecule has 2 aromatic carbocycles. The van der Waals surface area contributed by atoms with Gasteiger partial charge in [0.15, 0.2) is 0 Å². The lowest BCUT2D eigenvalue weighted by Crippen LogP contribution is -2.23. The third kappa shape index (κ3) is 4.67. The molecule has 0 aliphatic heterocycles. The average molecular weight is 474 g/mol. The number of benzene rings is 2. The highest BCUT2D eigenvalue weighted by Gasteiger charge is 2.25. The summed E-state index contributed by atoms with van der Waals surface area (Å²) in [5, 5.41) is 14.6. The van der Waals surface area contributed by atoms with Crippen LogP contribution in [0.4, 0.5) is 10.2 Å². The predicted octanol–water partition coefficient (Wildman–Crippen LogP) is 7.01. The Morgan fingerprint density at radius 1 is 1.06 bits per heavy atom. The van der Waals surface area contributed by atoms with Gasteiger partial charge in [-0.25, -0.2) is 14.4 Å². The Morgan fingerprint density at radius 3 is 2.68 bits per heavy atom. The van der Waals surface area contributed by atoms with Crippen molar-refractivity contribution in [2.45, 2.75) is 51.0 Å². The van der Waals surface area contributed by atoms with E-state index in [1.165, 1.54) is 11.6 Å². The van der Waals surface area contributed by atoms with E-state index in [1.54, 1.807) is 24.3 Å². The number of nitrogens with zero attached hydrogens (tertiary/aromatic N) is 4. The van der Waals surface area contributed by atoms with E-state index in [0.29, 0.717) is 28.7 Å². The molecule has 2 heterocycles. The highest BCUT2D eigenvalue weighted by atomic mass is 35.5. The number of nitriles is 1. The number of fused-ring (bicyclic) bond motifs is 2. The van der Waals surface area contributed by atoms with Crippen LogP contribution in [0.15, 0.2) is 48.7 Å². The largest absolute Gasteiger partial charge is 0.367 e. The lowest BCUT2D eigenvalue weighted by Gasteiger charge is -2.31. The van der Waals surface area contributed by atoms with E-state index in [2.05, 4.69) is 39.3 Å². The fraction of sp³-hybridized carbons (Fsp3) is 0.333. The van der Waals surface area contributed by atoms with Crippen LogP contribution in [0, 0.1) is 23.1 Å². The molecule has 0 saturated heterocycles. The van der Waals surface area contributed by atoms with Gasteiger partial charge >= 0.3 is 0 Å². The maximum absolute atomic E-state index is 13.9. The highest BCUT2D eigenvalue weighted by Crippen LogP contribution is 2.40. The van der Waals surface area contributed by atoms with Crippen LogP contribution < -0.4 is 5.32 Å². The summed E-state index contributed by atoms with van der Waals surface area (Å²) in [7, 11) is 0. The number of halogens is 2. The molecule has 0 bridgehead atoms. The van der Waals surface area contributed by atoms with Gasteiger partial charge in [-0.2, -0.15) is 5.26 Å². The first-order valence-electron chi connectivity index (χ1n) is 11.7. The van der Waals surface area contributed by atoms with Gasteiger partial charge in [-0.1, -0.05) is 0 Å². The summed E-state index contributed by atoms with van der Waals surface area (Å²) in [6.07, 6.45) is 7.31. The highest BCUT2D eigenvalue weighted by molar-refractivity contribution is 6.28. The summed E-state index contributed by atoms with van der Waals surface area (Å²) in [5.74, 6) is 1.53. The molecule has 0 radical (unpaired) electrons. The molecule has 1 fully saturated rings. The zero-order chi connectivity index (χ0) is 23.7. The minimum absolute atomic E-state index is 0.166. The van der Waals surface area contributed by atoms with Gasteiger partial charge < -0.3 is 5.32 Å². The minimum Gasteiger partial charge on any atom is -0.367 e. The normalized spacial score (nSPS) is 19.1. The summed E-state index contributed by atoms with van der Waals surface area (Å²) in [6.45, 7) is 2.16. The van der Waals surface area contributed by atoms with Crippen molar-refractivity contribution in [3.63, 3.8) is 0 Å². The number of hydrogen-bond acceptors (Lipinski definition) is 5. The van der Waals surface area contributed by atoms with E-state index in [4.69, 9.17) is 16.9 Å². The molecule has 4 aromatic rings. The molecule has 34 heavy (non-hydrogen) atoms. The Balaban J connectivity index is 1.25. The molecule has 1 saturated carbocycles. The Morgan fingerprint density at radius 2 is 1.88 bits per heavy atom. The number of aromatic nitrogens is 3. The van der Waals surface area contributed by atoms with Gasteiger partial charge in [-0.05, 0) is 110 Å². The van der Waals surface area contributed by atoms with E-state index < -0.39 is 0 Å². The monoisotopic (exact) mass is 473 g/mol. The Hall–Kier alpha value is -3.30. The summed E-state index contributed by atoms with van der Waals surface area (Å²) < 4.78 is 13.9. The molecular formula is C27H25ClFN5. The molecule has 0 spiro atoms. The van der Waals surface area contributed by atoms with Gasteiger partial charge in [0.25, 0.3) is 0 Å². The number of hydrogen-bond donors (Lipinski definition) is 1. The second-order valence-electron chi connectivity index (χ2n) is 9.25. The maximum Gasteiger partial charge on any atom is 0.224 e. The van der Waals surface area contributed by atoms with Crippen LogP contribution in [-0.4, -0.2) is 21.0 Å². The van der Waals surface area contributed by atoms with Crippen LogP contribution in [-0.2, 0) is 0 Å². The van der Waals surface area contributed by atoms with Crippen molar-refractivity contribution in [2.75, 3.05) is 5.32 Å². The summed E-state index contributed by atoms with van der Waals surface area (Å²) in [4.78, 5) is 13.1. The number of rotatable bonds is 5. The fourth-order valence-electron chi connectivity index (χ4n) is 5.28. The van der Waals surface area contributed by atoms with Crippen LogP contribution in [0.5, 0.6) is 0 Å². The SMILES string of the molecule is CC(C[C@H]1CC[C@@H](c2ccnc3ccc(F)cc32)CC1)Nc1nc(Cl)nc2cc(C#N)ccc12. The van der Waals surface area contributed by atoms with E-state index in [1.807, 2.05) is 12.3 Å². The zero-order valence-electron chi connectivity index (χ0n) is 18.9. The van der Waals surface area contributed by atoms with Crippen LogP contribution in [0.3, 0.4) is 0 Å². The first-order valence-corrected chi connectivity index (χ1v) is 12.1. The number of pyridine rings is 1. The Kier molecular flexibility index (Phi) is 6.30. The van der Waals surface area contributed by atoms with E-state index in [9.17, 15) is 4.39 Å². The standard InChI is InChI=1S/C27H25ClFN5/c1-16(32-26-22-8-4-18(15-30)13-25(22)33-27(28)34-26)12-17-2-5-19(6-3-17)21-10-11-31-24-9-7-20(29)14-23(21)24/h4,7-11,13-14,16-17,19H,2-3,5-6,12H2,1H3,(H,32,33,34)/t16?,17-,19+. The van der Waals surface area contributed by atoms with Crippen LogP contribution in [0.25, 0.3) is 21.8 Å². The van der Waals surface area contributed by atoms with Gasteiger partial charge in [0, 0.05) is 23.0 Å². The van der Waals surface area contributed by atoms with E-state index in [0.717, 1.165) is 48.4 Å². The summed E-state index contributed by atoms with van der Waals surface area (Å²) in [6, 6.07) is 14.6. The molecule has 1 aliphatic carbocycles. The second kappa shape index (κ2) is 9.52. The molecule has 172 valence electrons. The quantitative estimate of drug-likeness (QED) is 0.315. The van der Waals surface area contributed by atoms with Crippen molar-refractivity contribution < 1.29 is 4.39 Å². The van der Waals surface area contributed by atoms with Crippen molar-refractivity contribution in [3.05, 3.63) is 70.9 Å². The smallest absolute Gasteiger partial charge is 0.224 e. The molecule has 5 rings (SSSR count). The molecule has 2 aromatic heterocycles. The topological polar surface area (TPSA) is 74.5 Å². The molecule has 1 atom stereocenters. The first-order chi connectivity index (χ1) is 16.5. The molecule has 1 N–H and O–H groups in total. The Bertz CT molecular complexity index is 1390. The minimum atomic E-state index is -0.212. The number of nitrogens with one attached hydrogen (secondary N) is 1. The van der Waals surface area contributed by atoms with Crippen molar-refractivity contribution in [1.82, 2.24) is 15.0 Å². The zero-order valence-corrected chi connectivity index (χ0v) is 19.7. The van der Waals surface area contributed by atoms with E-state index >= 15 is 0 Å². The van der Waals surface area contributed by atoms with Crippen molar-refractivity contribution in [3.8, 4) is 6.07 Å². The van der Waals surface area contributed by atoms with Crippen molar-refractivity contribution in [1.29, 1.82) is 5.26 Å². The number of anilines is 1. The Labute approximate surface area is 203 Å². The lowest BCUT2D eigenvalue weighted by molar-refractivity contribution is 0.302. The van der Waals surface area contributed by atoms with Crippen LogP contribution in [0.2, 0.25) is 5.28 Å². The van der Waals surface area contributed by atoms with Crippen molar-refractivity contribution >= 4 is 39.2 Å². The average Bonchev–Trinajstić information content (AvgIpc) is 2.83. The molecule has 7 heteroatoms. The fourth-order valence-corrected chi connectivity index (χ4v) is 5.45. The third-order valence-electron chi connectivity index (χ3n) is 6.89. The predicted molar refractivity (Wildman–Crippen MR) is 133 cm³/mol. The van der Waals surface area contributed by atoms with Crippen molar-refractivity contribution in [2.24, 2.45) is 5.92 Å². The van der Waals surface area contributed by atoms with Gasteiger partial charge in [0.05, 0.1) is 22.7 Å².